The molecular formula is C23H23FN4O3. The van der Waals surface area contributed by atoms with Crippen molar-refractivity contribution in [3.8, 4) is 17.4 Å². The molecule has 1 aromatic heterocycles. The van der Waals surface area contributed by atoms with Crippen molar-refractivity contribution in [3.05, 3.63) is 72.3 Å². The van der Waals surface area contributed by atoms with Crippen LogP contribution in [0.25, 0.3) is 0 Å². The van der Waals surface area contributed by atoms with Gasteiger partial charge < -0.3 is 19.3 Å². The Hall–Kier alpha value is -3.68. The number of nitrogens with zero attached hydrogens (tertiary/aromatic N) is 4. The first-order valence-electron chi connectivity index (χ1n) is 9.99. The lowest BCUT2D eigenvalue weighted by Gasteiger charge is -2.40. The summed E-state index contributed by atoms with van der Waals surface area (Å²) in [7, 11) is 1.61. The number of halogens is 1. The van der Waals surface area contributed by atoms with Crippen molar-refractivity contribution in [2.24, 2.45) is 0 Å². The standard InChI is InChI=1S/C23H23FN4O3/c1-16-14-27(11-12-28(16)23(29)17-3-5-18(24)6-4-17)21-13-22(26-15-25-21)31-20-9-7-19(30-2)8-10-20/h3-10,13,15-16H,11-12,14H2,1-2H3/t16-/m1/s1. The van der Waals surface area contributed by atoms with Crippen LogP contribution in [0.2, 0.25) is 0 Å². The zero-order valence-electron chi connectivity index (χ0n) is 17.4. The van der Waals surface area contributed by atoms with E-state index < -0.39 is 0 Å². The lowest BCUT2D eigenvalue weighted by atomic mass is 10.1. The van der Waals surface area contributed by atoms with Crippen molar-refractivity contribution in [2.45, 2.75) is 13.0 Å². The van der Waals surface area contributed by atoms with Crippen LogP contribution >= 0.6 is 0 Å². The highest BCUT2D eigenvalue weighted by Gasteiger charge is 2.29. The number of rotatable bonds is 5. The minimum Gasteiger partial charge on any atom is -0.497 e. The quantitative estimate of drug-likeness (QED) is 0.624. The molecule has 0 saturated carbocycles. The molecule has 1 saturated heterocycles. The molecule has 0 spiro atoms. The van der Waals surface area contributed by atoms with Crippen LogP contribution in [0.3, 0.4) is 0 Å². The van der Waals surface area contributed by atoms with Crippen molar-refractivity contribution in [1.29, 1.82) is 0 Å². The number of carbonyl (C=O) groups excluding carboxylic acids is 1. The molecule has 1 fully saturated rings. The number of methoxy groups -OCH3 is 1. The Balaban J connectivity index is 1.42. The number of benzene rings is 2. The Bertz CT molecular complexity index is 1040. The molecule has 0 bridgehead atoms. The summed E-state index contributed by atoms with van der Waals surface area (Å²) in [5.74, 6) is 2.11. The molecule has 0 unspecified atom stereocenters. The summed E-state index contributed by atoms with van der Waals surface area (Å²) < 4.78 is 24.1. The molecule has 4 rings (SSSR count). The summed E-state index contributed by atoms with van der Waals surface area (Å²) in [5.41, 5.74) is 0.485. The molecule has 1 amide bonds. The molecule has 1 aliphatic heterocycles. The van der Waals surface area contributed by atoms with Crippen LogP contribution in [-0.2, 0) is 0 Å². The summed E-state index contributed by atoms with van der Waals surface area (Å²) in [6, 6.07) is 14.6. The van der Waals surface area contributed by atoms with Crippen molar-refractivity contribution in [2.75, 3.05) is 31.6 Å². The zero-order valence-corrected chi connectivity index (χ0v) is 17.4. The third-order valence-electron chi connectivity index (χ3n) is 5.21. The predicted molar refractivity (Wildman–Crippen MR) is 114 cm³/mol. The number of carbonyl (C=O) groups is 1. The number of hydrogen-bond donors (Lipinski definition) is 0. The van der Waals surface area contributed by atoms with Crippen molar-refractivity contribution in [3.63, 3.8) is 0 Å². The maximum Gasteiger partial charge on any atom is 0.254 e. The van der Waals surface area contributed by atoms with E-state index in [-0.39, 0.29) is 17.8 Å². The van der Waals surface area contributed by atoms with Crippen LogP contribution in [0.4, 0.5) is 10.2 Å². The molecule has 2 aromatic carbocycles. The van der Waals surface area contributed by atoms with Gasteiger partial charge in [-0.15, -0.1) is 0 Å². The molecule has 1 atom stereocenters. The largest absolute Gasteiger partial charge is 0.497 e. The molecule has 0 N–H and O–H groups in total. The highest BCUT2D eigenvalue weighted by molar-refractivity contribution is 5.94. The number of piperazine rings is 1. The Morgan fingerprint density at radius 2 is 1.74 bits per heavy atom. The van der Waals surface area contributed by atoms with Gasteiger partial charge in [0, 0.05) is 37.3 Å². The molecule has 3 aromatic rings. The second kappa shape index (κ2) is 8.99. The van der Waals surface area contributed by atoms with E-state index in [1.165, 1.54) is 30.6 Å². The smallest absolute Gasteiger partial charge is 0.254 e. The molecule has 0 aliphatic carbocycles. The first kappa shape index (κ1) is 20.6. The topological polar surface area (TPSA) is 67.8 Å². The number of aromatic nitrogens is 2. The summed E-state index contributed by atoms with van der Waals surface area (Å²) in [6.07, 6.45) is 1.47. The average Bonchev–Trinajstić information content (AvgIpc) is 2.80. The third kappa shape index (κ3) is 4.74. The second-order valence-corrected chi connectivity index (χ2v) is 7.29. The second-order valence-electron chi connectivity index (χ2n) is 7.29. The molecule has 160 valence electrons. The van der Waals surface area contributed by atoms with Crippen LogP contribution in [0, 0.1) is 5.82 Å². The van der Waals surface area contributed by atoms with Crippen LogP contribution in [0.1, 0.15) is 17.3 Å². The molecule has 0 radical (unpaired) electrons. The van der Waals surface area contributed by atoms with Gasteiger partial charge in [0.25, 0.3) is 5.91 Å². The Labute approximate surface area is 180 Å². The maximum absolute atomic E-state index is 13.2. The van der Waals surface area contributed by atoms with Crippen LogP contribution in [-0.4, -0.2) is 53.6 Å². The van der Waals surface area contributed by atoms with E-state index in [1.54, 1.807) is 18.1 Å². The van der Waals surface area contributed by atoms with E-state index in [2.05, 4.69) is 14.9 Å². The van der Waals surface area contributed by atoms with Gasteiger partial charge in [0.2, 0.25) is 5.88 Å². The van der Waals surface area contributed by atoms with E-state index in [9.17, 15) is 9.18 Å². The Morgan fingerprint density at radius 1 is 1.03 bits per heavy atom. The maximum atomic E-state index is 13.2. The van der Waals surface area contributed by atoms with Gasteiger partial charge in [-0.3, -0.25) is 4.79 Å². The first-order chi connectivity index (χ1) is 15.0. The fraction of sp³-hybridized carbons (Fsp3) is 0.261. The monoisotopic (exact) mass is 422 g/mol. The SMILES string of the molecule is COc1ccc(Oc2cc(N3CCN(C(=O)c4ccc(F)cc4)[C@H](C)C3)ncn2)cc1. The first-order valence-corrected chi connectivity index (χ1v) is 9.99. The number of ether oxygens (including phenoxy) is 2. The summed E-state index contributed by atoms with van der Waals surface area (Å²) in [4.78, 5) is 25.3. The zero-order chi connectivity index (χ0) is 21.8. The lowest BCUT2D eigenvalue weighted by Crippen LogP contribution is -2.54. The van der Waals surface area contributed by atoms with Gasteiger partial charge in [-0.25, -0.2) is 14.4 Å². The van der Waals surface area contributed by atoms with Gasteiger partial charge in [0.1, 0.15) is 29.5 Å². The Morgan fingerprint density at radius 3 is 2.42 bits per heavy atom. The summed E-state index contributed by atoms with van der Waals surface area (Å²) in [6.45, 7) is 3.77. The summed E-state index contributed by atoms with van der Waals surface area (Å²) >= 11 is 0. The van der Waals surface area contributed by atoms with Crippen molar-refractivity contribution >= 4 is 11.7 Å². The van der Waals surface area contributed by atoms with Crippen LogP contribution in [0.15, 0.2) is 60.9 Å². The Kier molecular flexibility index (Phi) is 5.97. The van der Waals surface area contributed by atoms with Gasteiger partial charge in [-0.2, -0.15) is 0 Å². The number of anilines is 1. The van der Waals surface area contributed by atoms with Crippen molar-refractivity contribution < 1.29 is 18.7 Å². The lowest BCUT2D eigenvalue weighted by molar-refractivity contribution is 0.0673. The molecule has 31 heavy (non-hydrogen) atoms. The molecule has 8 heteroatoms. The molecular weight excluding hydrogens is 399 g/mol. The van der Waals surface area contributed by atoms with Crippen molar-refractivity contribution in [1.82, 2.24) is 14.9 Å². The van der Waals surface area contributed by atoms with E-state index in [0.717, 1.165) is 11.6 Å². The molecule has 7 nitrogen and oxygen atoms in total. The van der Waals surface area contributed by atoms with E-state index in [4.69, 9.17) is 9.47 Å². The van der Waals surface area contributed by atoms with Crippen LogP contribution in [0.5, 0.6) is 17.4 Å². The van der Waals surface area contributed by atoms with Gasteiger partial charge >= 0.3 is 0 Å². The van der Waals surface area contributed by atoms with Gasteiger partial charge in [0.15, 0.2) is 0 Å². The van der Waals surface area contributed by atoms with Gasteiger partial charge in [-0.1, -0.05) is 0 Å². The highest BCUT2D eigenvalue weighted by Crippen LogP contribution is 2.25. The third-order valence-corrected chi connectivity index (χ3v) is 5.21. The highest BCUT2D eigenvalue weighted by atomic mass is 19.1. The van der Waals surface area contributed by atoms with E-state index in [0.29, 0.717) is 36.8 Å². The van der Waals surface area contributed by atoms with Crippen LogP contribution < -0.4 is 14.4 Å². The normalized spacial score (nSPS) is 16.2. The predicted octanol–water partition coefficient (Wildman–Crippen LogP) is 3.77. The fourth-order valence-corrected chi connectivity index (χ4v) is 3.55. The average molecular weight is 422 g/mol. The number of hydrogen-bond acceptors (Lipinski definition) is 6. The minimum atomic E-state index is -0.356. The molecule has 2 heterocycles. The number of amides is 1. The van der Waals surface area contributed by atoms with Gasteiger partial charge in [0.05, 0.1) is 7.11 Å². The fourth-order valence-electron chi connectivity index (χ4n) is 3.55. The molecule has 1 aliphatic rings. The van der Waals surface area contributed by atoms with E-state index in [1.807, 2.05) is 31.2 Å². The van der Waals surface area contributed by atoms with Gasteiger partial charge in [-0.05, 0) is 55.5 Å². The van der Waals surface area contributed by atoms with E-state index >= 15 is 0 Å². The minimum absolute atomic E-state index is 0.0350. The summed E-state index contributed by atoms with van der Waals surface area (Å²) in [5, 5.41) is 0.